The number of ether oxygens (including phenoxy) is 1. The first kappa shape index (κ1) is 32.9. The van der Waals surface area contributed by atoms with Gasteiger partial charge in [0.25, 0.3) is 5.91 Å². The van der Waals surface area contributed by atoms with Crippen LogP contribution in [0.5, 0.6) is 5.75 Å². The minimum absolute atomic E-state index is 0. The van der Waals surface area contributed by atoms with Crippen molar-refractivity contribution in [2.75, 3.05) is 20.2 Å². The maximum atomic E-state index is 13.8. The second-order valence-electron chi connectivity index (χ2n) is 8.32. The summed E-state index contributed by atoms with van der Waals surface area (Å²) in [4.78, 5) is 24.9. The normalized spacial score (nSPS) is 11.9. The number of ketones is 1. The number of rotatable bonds is 12. The summed E-state index contributed by atoms with van der Waals surface area (Å²) in [6.45, 7) is 0.314. The Morgan fingerprint density at radius 2 is 1.61 bits per heavy atom. The SMILES string of the molecule is COc1cccc(CNC[C@@H](O)[C@@H](Cc2cc(F)cc(F)c2)NC(=O)c2cccc(C(=O)CN)c2)c1.Cl.Cl. The van der Waals surface area contributed by atoms with Crippen LogP contribution in [-0.2, 0) is 13.0 Å². The van der Waals surface area contributed by atoms with Crippen LogP contribution in [0.15, 0.2) is 66.7 Å². The van der Waals surface area contributed by atoms with E-state index < -0.39 is 29.7 Å². The summed E-state index contributed by atoms with van der Waals surface area (Å²) in [6, 6.07) is 15.6. The molecule has 0 aromatic heterocycles. The van der Waals surface area contributed by atoms with Crippen LogP contribution in [0, 0.1) is 11.6 Å². The molecule has 0 saturated heterocycles. The predicted molar refractivity (Wildman–Crippen MR) is 146 cm³/mol. The van der Waals surface area contributed by atoms with Gasteiger partial charge in [-0.3, -0.25) is 9.59 Å². The molecule has 0 aliphatic carbocycles. The van der Waals surface area contributed by atoms with E-state index in [-0.39, 0.29) is 66.8 Å². The minimum Gasteiger partial charge on any atom is -0.497 e. The molecule has 0 radical (unpaired) electrons. The average Bonchev–Trinajstić information content (AvgIpc) is 2.87. The van der Waals surface area contributed by atoms with Gasteiger partial charge in [0.2, 0.25) is 0 Å². The first-order valence-corrected chi connectivity index (χ1v) is 11.4. The number of benzene rings is 3. The molecule has 7 nitrogen and oxygen atoms in total. The summed E-state index contributed by atoms with van der Waals surface area (Å²) in [5, 5.41) is 16.8. The zero-order valence-corrected chi connectivity index (χ0v) is 22.3. The summed E-state index contributed by atoms with van der Waals surface area (Å²) in [5.41, 5.74) is 7.09. The van der Waals surface area contributed by atoms with E-state index in [0.717, 1.165) is 23.8 Å². The van der Waals surface area contributed by atoms with E-state index in [4.69, 9.17) is 10.5 Å². The number of hydrogen-bond donors (Lipinski definition) is 4. The van der Waals surface area contributed by atoms with Gasteiger partial charge in [0, 0.05) is 30.3 Å². The molecule has 3 aromatic carbocycles. The summed E-state index contributed by atoms with van der Waals surface area (Å²) in [5.74, 6) is -1.68. The number of aliphatic hydroxyl groups is 1. The van der Waals surface area contributed by atoms with Crippen molar-refractivity contribution in [2.45, 2.75) is 25.1 Å². The monoisotopic (exact) mass is 569 g/mol. The number of hydrogen-bond acceptors (Lipinski definition) is 6. The lowest BCUT2D eigenvalue weighted by molar-refractivity contribution is 0.0830. The van der Waals surface area contributed by atoms with E-state index in [9.17, 15) is 23.5 Å². The molecular weight excluding hydrogens is 539 g/mol. The van der Waals surface area contributed by atoms with Crippen LogP contribution in [0.3, 0.4) is 0 Å². The van der Waals surface area contributed by atoms with Crippen LogP contribution in [0.25, 0.3) is 0 Å². The quantitative estimate of drug-likeness (QED) is 0.248. The average molecular weight is 570 g/mol. The second kappa shape index (κ2) is 16.0. The topological polar surface area (TPSA) is 114 Å². The standard InChI is InChI=1S/C27H29F2N3O4.2ClH/c1-36-23-7-2-4-17(10-23)15-31-16-26(34)24(11-18-8-21(28)13-22(29)9-18)32-27(35)20-6-3-5-19(12-20)25(33)14-30;;/h2-10,12-13,24,26,31,34H,11,14-16,30H2,1H3,(H,32,35);2*1H/t24-,26-;;/m1../s1. The van der Waals surface area contributed by atoms with E-state index >= 15 is 0 Å². The number of aliphatic hydroxyl groups excluding tert-OH is 1. The largest absolute Gasteiger partial charge is 0.497 e. The van der Waals surface area contributed by atoms with Crippen molar-refractivity contribution in [3.63, 3.8) is 0 Å². The Morgan fingerprint density at radius 1 is 0.947 bits per heavy atom. The molecule has 0 saturated carbocycles. The Kier molecular flexibility index (Phi) is 13.9. The third-order valence-corrected chi connectivity index (χ3v) is 5.61. The number of nitrogens with two attached hydrogens (primary N) is 1. The molecule has 0 aliphatic heterocycles. The second-order valence-corrected chi connectivity index (χ2v) is 8.32. The third kappa shape index (κ3) is 9.66. The number of carbonyl (C=O) groups is 2. The number of Topliss-reactive ketones (excluding diaryl/α,β-unsaturated/α-hetero) is 1. The number of amides is 1. The lowest BCUT2D eigenvalue weighted by Crippen LogP contribution is -2.48. The maximum Gasteiger partial charge on any atom is 0.251 e. The molecule has 0 fully saturated rings. The van der Waals surface area contributed by atoms with E-state index in [1.165, 1.54) is 12.1 Å². The molecule has 206 valence electrons. The molecule has 0 unspecified atom stereocenters. The summed E-state index contributed by atoms with van der Waals surface area (Å²) in [6.07, 6.45) is -1.12. The highest BCUT2D eigenvalue weighted by Crippen LogP contribution is 2.15. The predicted octanol–water partition coefficient (Wildman–Crippen LogP) is 3.45. The van der Waals surface area contributed by atoms with E-state index in [2.05, 4.69) is 10.6 Å². The number of methoxy groups -OCH3 is 1. The molecule has 5 N–H and O–H groups in total. The lowest BCUT2D eigenvalue weighted by atomic mass is 9.99. The fraction of sp³-hybridized carbons (Fsp3) is 0.259. The number of halogens is 4. The Morgan fingerprint density at radius 3 is 2.26 bits per heavy atom. The maximum absolute atomic E-state index is 13.8. The highest BCUT2D eigenvalue weighted by Gasteiger charge is 2.23. The van der Waals surface area contributed by atoms with E-state index in [0.29, 0.717) is 12.3 Å². The van der Waals surface area contributed by atoms with Crippen molar-refractivity contribution in [3.05, 3.63) is 101 Å². The van der Waals surface area contributed by atoms with Crippen molar-refractivity contribution in [1.29, 1.82) is 0 Å². The number of carbonyl (C=O) groups excluding carboxylic acids is 2. The summed E-state index contributed by atoms with van der Waals surface area (Å²) >= 11 is 0. The van der Waals surface area contributed by atoms with Crippen LogP contribution < -0.4 is 21.1 Å². The Labute approximate surface area is 232 Å². The van der Waals surface area contributed by atoms with Crippen molar-refractivity contribution in [3.8, 4) is 5.75 Å². The van der Waals surface area contributed by atoms with Gasteiger partial charge in [0.1, 0.15) is 17.4 Å². The van der Waals surface area contributed by atoms with Crippen LogP contribution in [0.2, 0.25) is 0 Å². The van der Waals surface area contributed by atoms with Crippen molar-refractivity contribution < 1.29 is 28.2 Å². The minimum atomic E-state index is -1.10. The Balaban J connectivity index is 0.00000361. The molecule has 38 heavy (non-hydrogen) atoms. The van der Waals surface area contributed by atoms with Gasteiger partial charge in [-0.25, -0.2) is 8.78 Å². The zero-order valence-electron chi connectivity index (χ0n) is 20.7. The fourth-order valence-electron chi connectivity index (χ4n) is 3.76. The van der Waals surface area contributed by atoms with E-state index in [1.54, 1.807) is 19.2 Å². The molecule has 3 aromatic rings. The molecule has 0 spiro atoms. The molecule has 11 heteroatoms. The van der Waals surface area contributed by atoms with Crippen LogP contribution in [-0.4, -0.2) is 49.1 Å². The van der Waals surface area contributed by atoms with E-state index in [1.807, 2.05) is 24.3 Å². The van der Waals surface area contributed by atoms with Gasteiger partial charge in [0.05, 0.1) is 25.8 Å². The van der Waals surface area contributed by atoms with Crippen LogP contribution in [0.1, 0.15) is 31.8 Å². The number of nitrogens with one attached hydrogen (secondary N) is 2. The van der Waals surface area contributed by atoms with Gasteiger partial charge in [-0.05, 0) is 53.9 Å². The molecule has 1 amide bonds. The molecule has 3 rings (SSSR count). The summed E-state index contributed by atoms with van der Waals surface area (Å²) < 4.78 is 32.7. The Bertz CT molecular complexity index is 1200. The zero-order chi connectivity index (χ0) is 26.1. The first-order valence-electron chi connectivity index (χ1n) is 11.4. The summed E-state index contributed by atoms with van der Waals surface area (Å²) in [7, 11) is 1.57. The van der Waals surface area contributed by atoms with Crippen LogP contribution in [0.4, 0.5) is 8.78 Å². The lowest BCUT2D eigenvalue weighted by Gasteiger charge is -2.25. The van der Waals surface area contributed by atoms with Gasteiger partial charge in [-0.1, -0.05) is 24.3 Å². The highest BCUT2D eigenvalue weighted by molar-refractivity contribution is 6.01. The van der Waals surface area contributed by atoms with Gasteiger partial charge in [-0.2, -0.15) is 0 Å². The highest BCUT2D eigenvalue weighted by atomic mass is 35.5. The smallest absolute Gasteiger partial charge is 0.251 e. The molecule has 0 bridgehead atoms. The van der Waals surface area contributed by atoms with Gasteiger partial charge < -0.3 is 26.2 Å². The molecule has 0 aliphatic rings. The molecular formula is C27H31Cl2F2N3O4. The molecule has 2 atom stereocenters. The third-order valence-electron chi connectivity index (χ3n) is 5.61. The van der Waals surface area contributed by atoms with Crippen molar-refractivity contribution in [1.82, 2.24) is 10.6 Å². The first-order chi connectivity index (χ1) is 17.3. The van der Waals surface area contributed by atoms with Crippen molar-refractivity contribution in [2.24, 2.45) is 5.73 Å². The van der Waals surface area contributed by atoms with Crippen molar-refractivity contribution >= 4 is 36.5 Å². The fourth-order valence-corrected chi connectivity index (χ4v) is 3.76. The van der Waals surface area contributed by atoms with Gasteiger partial charge in [0.15, 0.2) is 5.78 Å². The Hall–Kier alpha value is -3.08. The van der Waals surface area contributed by atoms with Crippen LogP contribution >= 0.6 is 24.8 Å². The molecule has 0 heterocycles. The van der Waals surface area contributed by atoms with Gasteiger partial charge in [-0.15, -0.1) is 24.8 Å². The van der Waals surface area contributed by atoms with Gasteiger partial charge >= 0.3 is 0 Å².